The summed E-state index contributed by atoms with van der Waals surface area (Å²) in [6.07, 6.45) is 0.547. The number of halogens is 2. The third kappa shape index (κ3) is 4.70. The number of thiophene rings is 1. The fourth-order valence-corrected chi connectivity index (χ4v) is 6.12. The van der Waals surface area contributed by atoms with Gasteiger partial charge in [0.05, 0.1) is 28.8 Å². The molecule has 3 aromatic carbocycles. The van der Waals surface area contributed by atoms with Crippen LogP contribution < -0.4 is 9.47 Å². The van der Waals surface area contributed by atoms with E-state index in [4.69, 9.17) is 30.8 Å². The molecule has 1 aliphatic heterocycles. The van der Waals surface area contributed by atoms with E-state index in [0.717, 1.165) is 32.2 Å². The molecule has 0 saturated heterocycles. The Morgan fingerprint density at radius 2 is 2.00 bits per heavy atom. The molecule has 7 nitrogen and oxygen atoms in total. The number of carbonyl (C=O) groups is 1. The first-order chi connectivity index (χ1) is 19.3. The van der Waals surface area contributed by atoms with E-state index in [9.17, 15) is 14.3 Å². The van der Waals surface area contributed by atoms with Gasteiger partial charge in [-0.05, 0) is 60.7 Å². The van der Waals surface area contributed by atoms with Crippen LogP contribution in [0.5, 0.6) is 11.5 Å². The lowest BCUT2D eigenvalue weighted by molar-refractivity contribution is -0.0705. The number of para-hydroxylation sites is 1. The molecule has 204 valence electrons. The Balaban J connectivity index is 1.31. The van der Waals surface area contributed by atoms with E-state index in [1.54, 1.807) is 61.8 Å². The first kappa shape index (κ1) is 26.3. The average molecular weight is 579 g/mol. The standard InChI is InChI=1S/C30H24ClFN2O5S/c1-30(21-9-7-18(31)15-22(21)32)38-25-5-3-4-20(28(25)39-30)26-11-8-19(40-26)16-27-33-23-10-6-17(29(35)36)14-24(23)34(27)12-13-37-2/h3-11,14-15H,12-13,16H2,1-2H3,(H,35,36). The number of rotatable bonds is 8. The number of carboxylic acids is 1. The summed E-state index contributed by atoms with van der Waals surface area (Å²) < 4.78 is 34.5. The summed E-state index contributed by atoms with van der Waals surface area (Å²) in [6.45, 7) is 2.69. The maximum Gasteiger partial charge on any atom is 0.335 e. The first-order valence-corrected chi connectivity index (χ1v) is 13.7. The third-order valence-electron chi connectivity index (χ3n) is 6.85. The Hall–Kier alpha value is -3.92. The van der Waals surface area contributed by atoms with Gasteiger partial charge in [-0.2, -0.15) is 0 Å². The van der Waals surface area contributed by atoms with Crippen LogP contribution >= 0.6 is 22.9 Å². The zero-order valence-corrected chi connectivity index (χ0v) is 23.2. The molecule has 6 rings (SSSR count). The zero-order valence-electron chi connectivity index (χ0n) is 21.6. The van der Waals surface area contributed by atoms with Gasteiger partial charge in [0, 0.05) is 47.3 Å². The van der Waals surface area contributed by atoms with E-state index in [1.807, 2.05) is 28.8 Å². The predicted octanol–water partition coefficient (Wildman–Crippen LogP) is 7.14. The van der Waals surface area contributed by atoms with Crippen molar-refractivity contribution in [1.82, 2.24) is 9.55 Å². The van der Waals surface area contributed by atoms with Crippen LogP contribution in [0.4, 0.5) is 4.39 Å². The zero-order chi connectivity index (χ0) is 28.0. The summed E-state index contributed by atoms with van der Waals surface area (Å²) in [4.78, 5) is 18.4. The summed E-state index contributed by atoms with van der Waals surface area (Å²) in [6, 6.07) is 19.0. The molecule has 0 radical (unpaired) electrons. The second kappa shape index (κ2) is 10.2. The minimum Gasteiger partial charge on any atom is -0.478 e. The molecule has 2 aromatic heterocycles. The van der Waals surface area contributed by atoms with Gasteiger partial charge in [-0.1, -0.05) is 17.7 Å². The highest BCUT2D eigenvalue weighted by molar-refractivity contribution is 7.15. The first-order valence-electron chi connectivity index (χ1n) is 12.5. The molecular weight excluding hydrogens is 555 g/mol. The number of ether oxygens (including phenoxy) is 3. The maximum absolute atomic E-state index is 14.8. The number of imidazole rings is 1. The molecule has 0 amide bonds. The van der Waals surface area contributed by atoms with Crippen LogP contribution in [0.25, 0.3) is 21.5 Å². The fourth-order valence-electron chi connectivity index (χ4n) is 4.93. The van der Waals surface area contributed by atoms with E-state index < -0.39 is 17.6 Å². The Morgan fingerprint density at radius 3 is 2.77 bits per heavy atom. The Kier molecular flexibility index (Phi) is 6.74. The molecular formula is C30H24ClFN2O5S. The average Bonchev–Trinajstić information content (AvgIpc) is 3.62. The van der Waals surface area contributed by atoms with Gasteiger partial charge in [0.1, 0.15) is 11.6 Å². The molecule has 0 bridgehead atoms. The molecule has 5 aromatic rings. The predicted molar refractivity (Wildman–Crippen MR) is 151 cm³/mol. The number of hydrogen-bond donors (Lipinski definition) is 1. The molecule has 1 atom stereocenters. The number of carboxylic acid groups (broad SMARTS) is 1. The number of aromatic carboxylic acids is 1. The Bertz CT molecular complexity index is 1770. The van der Waals surface area contributed by atoms with Crippen molar-refractivity contribution < 1.29 is 28.5 Å². The van der Waals surface area contributed by atoms with Crippen molar-refractivity contribution in [3.05, 3.63) is 99.4 Å². The topological polar surface area (TPSA) is 82.8 Å². The van der Waals surface area contributed by atoms with Gasteiger partial charge in [0.15, 0.2) is 11.5 Å². The molecule has 40 heavy (non-hydrogen) atoms. The minimum atomic E-state index is -1.34. The molecule has 1 unspecified atom stereocenters. The van der Waals surface area contributed by atoms with Gasteiger partial charge in [-0.15, -0.1) is 11.3 Å². The van der Waals surface area contributed by atoms with Crippen molar-refractivity contribution in [2.45, 2.75) is 25.7 Å². The lowest BCUT2D eigenvalue weighted by atomic mass is 10.1. The largest absolute Gasteiger partial charge is 0.478 e. The smallest absolute Gasteiger partial charge is 0.335 e. The summed E-state index contributed by atoms with van der Waals surface area (Å²) >= 11 is 7.54. The Morgan fingerprint density at radius 1 is 1.15 bits per heavy atom. The van der Waals surface area contributed by atoms with Gasteiger partial charge in [0.2, 0.25) is 0 Å². The summed E-state index contributed by atoms with van der Waals surface area (Å²) in [5, 5.41) is 9.75. The van der Waals surface area contributed by atoms with E-state index in [1.165, 1.54) is 6.07 Å². The highest BCUT2D eigenvalue weighted by atomic mass is 35.5. The van der Waals surface area contributed by atoms with Crippen LogP contribution in [-0.2, 0) is 23.5 Å². The molecule has 1 aliphatic rings. The van der Waals surface area contributed by atoms with Gasteiger partial charge in [-0.25, -0.2) is 14.2 Å². The number of nitrogens with zero attached hydrogens (tertiary/aromatic N) is 2. The van der Waals surface area contributed by atoms with Crippen LogP contribution in [0.3, 0.4) is 0 Å². The molecule has 1 N–H and O–H groups in total. The molecule has 3 heterocycles. The maximum atomic E-state index is 14.8. The van der Waals surface area contributed by atoms with Crippen molar-refractivity contribution in [3.8, 4) is 21.9 Å². The number of hydrogen-bond acceptors (Lipinski definition) is 6. The Labute approximate surface area is 238 Å². The van der Waals surface area contributed by atoms with Crippen LogP contribution in [0, 0.1) is 5.82 Å². The molecule has 10 heteroatoms. The van der Waals surface area contributed by atoms with Crippen molar-refractivity contribution in [2.75, 3.05) is 13.7 Å². The number of aromatic nitrogens is 2. The van der Waals surface area contributed by atoms with Crippen LogP contribution in [0.1, 0.15) is 33.5 Å². The van der Waals surface area contributed by atoms with Crippen molar-refractivity contribution in [1.29, 1.82) is 0 Å². The quantitative estimate of drug-likeness (QED) is 0.211. The monoisotopic (exact) mass is 578 g/mol. The van der Waals surface area contributed by atoms with Gasteiger partial charge in [0.25, 0.3) is 5.79 Å². The van der Waals surface area contributed by atoms with Crippen LogP contribution in [0.15, 0.2) is 66.7 Å². The molecule has 0 spiro atoms. The summed E-state index contributed by atoms with van der Waals surface area (Å²) in [5.74, 6) is -0.946. The van der Waals surface area contributed by atoms with Crippen LogP contribution in [0.2, 0.25) is 5.02 Å². The number of fused-ring (bicyclic) bond motifs is 2. The summed E-state index contributed by atoms with van der Waals surface area (Å²) in [7, 11) is 1.63. The highest BCUT2D eigenvalue weighted by Crippen LogP contribution is 2.50. The number of benzene rings is 3. The van der Waals surface area contributed by atoms with Gasteiger partial charge >= 0.3 is 5.97 Å². The third-order valence-corrected chi connectivity index (χ3v) is 8.21. The lowest BCUT2D eigenvalue weighted by Gasteiger charge is -2.24. The lowest BCUT2D eigenvalue weighted by Crippen LogP contribution is -2.32. The summed E-state index contributed by atoms with van der Waals surface area (Å²) in [5.41, 5.74) is 2.79. The van der Waals surface area contributed by atoms with Gasteiger partial charge in [-0.3, -0.25) is 0 Å². The second-order valence-corrected chi connectivity index (χ2v) is 11.1. The minimum absolute atomic E-state index is 0.210. The number of methoxy groups -OCH3 is 1. The van der Waals surface area contributed by atoms with Crippen molar-refractivity contribution >= 4 is 39.9 Å². The molecule has 0 saturated carbocycles. The van der Waals surface area contributed by atoms with E-state index in [2.05, 4.69) is 0 Å². The second-order valence-electron chi connectivity index (χ2n) is 9.53. The van der Waals surface area contributed by atoms with Gasteiger partial charge < -0.3 is 23.9 Å². The van der Waals surface area contributed by atoms with Crippen LogP contribution in [-0.4, -0.2) is 34.3 Å². The molecule has 0 fully saturated rings. The normalized spacial score (nSPS) is 16.1. The highest BCUT2D eigenvalue weighted by Gasteiger charge is 2.42. The fraction of sp³-hybridized carbons (Fsp3) is 0.200. The van der Waals surface area contributed by atoms with Crippen molar-refractivity contribution in [3.63, 3.8) is 0 Å². The SMILES string of the molecule is COCCn1c(Cc2ccc(-c3cccc4c3OC(C)(c3ccc(Cl)cc3F)O4)s2)nc2ccc(C(=O)O)cc21. The van der Waals surface area contributed by atoms with E-state index >= 15 is 0 Å². The van der Waals surface area contributed by atoms with E-state index in [-0.39, 0.29) is 11.1 Å². The van der Waals surface area contributed by atoms with Crippen molar-refractivity contribution in [2.24, 2.45) is 0 Å². The molecule has 0 aliphatic carbocycles. The van der Waals surface area contributed by atoms with E-state index in [0.29, 0.717) is 36.1 Å².